The topological polar surface area (TPSA) is 78.4 Å². The molecule has 0 radical (unpaired) electrons. The fourth-order valence-electron chi connectivity index (χ4n) is 2.75. The molecule has 6 heteroatoms. The average Bonchev–Trinajstić information content (AvgIpc) is 2.40. The molecule has 2 rings (SSSR count). The third-order valence-corrected chi connectivity index (χ3v) is 4.50. The third-order valence-electron chi connectivity index (χ3n) is 3.90. The maximum absolute atomic E-state index is 11.2. The van der Waals surface area contributed by atoms with E-state index in [4.69, 9.17) is 0 Å². The highest BCUT2D eigenvalue weighted by atomic mass is 32.2. The number of benzene rings is 1. The van der Waals surface area contributed by atoms with Crippen LogP contribution in [-0.2, 0) is 10.0 Å². The van der Waals surface area contributed by atoms with Gasteiger partial charge in [0.1, 0.15) is 0 Å². The van der Waals surface area contributed by atoms with Crippen molar-refractivity contribution >= 4 is 15.7 Å². The van der Waals surface area contributed by atoms with Gasteiger partial charge in [-0.25, -0.2) is 8.42 Å². The summed E-state index contributed by atoms with van der Waals surface area (Å²) in [5, 5.41) is 13.1. The average molecular weight is 312 g/mol. The summed E-state index contributed by atoms with van der Waals surface area (Å²) in [5.74, 6) is 0. The molecule has 1 aliphatic carbocycles. The van der Waals surface area contributed by atoms with Gasteiger partial charge in [-0.1, -0.05) is 12.1 Å². The zero-order valence-electron chi connectivity index (χ0n) is 12.5. The molecule has 1 fully saturated rings. The first-order valence-electron chi connectivity index (χ1n) is 7.35. The van der Waals surface area contributed by atoms with E-state index in [-0.39, 0.29) is 12.1 Å². The number of sulfonamides is 1. The van der Waals surface area contributed by atoms with E-state index in [1.807, 2.05) is 12.1 Å². The molecule has 118 valence electrons. The zero-order valence-corrected chi connectivity index (χ0v) is 13.4. The zero-order chi connectivity index (χ0) is 15.5. The fraction of sp³-hybridized carbons (Fsp3) is 0.600. The van der Waals surface area contributed by atoms with Crippen LogP contribution in [-0.4, -0.2) is 31.9 Å². The number of hydrogen-bond acceptors (Lipinski definition) is 4. The van der Waals surface area contributed by atoms with E-state index in [1.165, 1.54) is 0 Å². The summed E-state index contributed by atoms with van der Waals surface area (Å²) in [6.07, 6.45) is 4.73. The molecule has 1 aliphatic rings. The molecule has 0 heterocycles. The van der Waals surface area contributed by atoms with Gasteiger partial charge >= 0.3 is 0 Å². The van der Waals surface area contributed by atoms with Crippen LogP contribution < -0.4 is 10.0 Å². The van der Waals surface area contributed by atoms with E-state index in [9.17, 15) is 13.5 Å². The van der Waals surface area contributed by atoms with Crippen molar-refractivity contribution in [2.75, 3.05) is 11.0 Å². The maximum atomic E-state index is 11.2. The van der Waals surface area contributed by atoms with Crippen LogP contribution in [0, 0.1) is 0 Å². The van der Waals surface area contributed by atoms with Crippen LogP contribution in [0.3, 0.4) is 0 Å². The van der Waals surface area contributed by atoms with Gasteiger partial charge in [0.25, 0.3) is 0 Å². The summed E-state index contributed by atoms with van der Waals surface area (Å²) in [5.41, 5.74) is 1.70. The molecule has 5 nitrogen and oxygen atoms in total. The lowest BCUT2D eigenvalue weighted by molar-refractivity contribution is 0.114. The first-order valence-corrected chi connectivity index (χ1v) is 9.24. The van der Waals surface area contributed by atoms with Gasteiger partial charge in [-0.2, -0.15) is 0 Å². The summed E-state index contributed by atoms with van der Waals surface area (Å²) in [6, 6.07) is 8.07. The number of aliphatic hydroxyl groups excluding tert-OH is 1. The maximum Gasteiger partial charge on any atom is 0.229 e. The van der Waals surface area contributed by atoms with Gasteiger partial charge < -0.3 is 10.4 Å². The SMILES string of the molecule is CC(NC1CCC(O)CC1)c1ccc(NS(C)(=O)=O)cc1. The monoisotopic (exact) mass is 312 g/mol. The summed E-state index contributed by atoms with van der Waals surface area (Å²) < 4.78 is 24.8. The lowest BCUT2D eigenvalue weighted by Crippen LogP contribution is -2.36. The quantitative estimate of drug-likeness (QED) is 0.777. The predicted octanol–water partition coefficient (Wildman–Crippen LogP) is 2.01. The molecule has 0 aromatic heterocycles. The number of rotatable bonds is 5. The Kier molecular flexibility index (Phi) is 5.24. The summed E-state index contributed by atoms with van der Waals surface area (Å²) in [4.78, 5) is 0. The second kappa shape index (κ2) is 6.77. The van der Waals surface area contributed by atoms with E-state index < -0.39 is 10.0 Å². The minimum atomic E-state index is -3.23. The Morgan fingerprint density at radius 1 is 1.14 bits per heavy atom. The van der Waals surface area contributed by atoms with E-state index in [2.05, 4.69) is 17.0 Å². The van der Waals surface area contributed by atoms with Gasteiger partial charge in [0.15, 0.2) is 0 Å². The van der Waals surface area contributed by atoms with Crippen LogP contribution in [0.5, 0.6) is 0 Å². The van der Waals surface area contributed by atoms with Crippen molar-refractivity contribution in [2.45, 2.75) is 50.8 Å². The van der Waals surface area contributed by atoms with Crippen molar-refractivity contribution < 1.29 is 13.5 Å². The first kappa shape index (κ1) is 16.3. The van der Waals surface area contributed by atoms with Crippen molar-refractivity contribution in [3.8, 4) is 0 Å². The number of hydrogen-bond donors (Lipinski definition) is 3. The van der Waals surface area contributed by atoms with Crippen LogP contribution in [0.2, 0.25) is 0 Å². The van der Waals surface area contributed by atoms with Gasteiger partial charge in [-0.3, -0.25) is 4.72 Å². The minimum Gasteiger partial charge on any atom is -0.393 e. The third kappa shape index (κ3) is 5.30. The lowest BCUT2D eigenvalue weighted by Gasteiger charge is -2.29. The molecule has 0 saturated heterocycles. The summed E-state index contributed by atoms with van der Waals surface area (Å²) >= 11 is 0. The van der Waals surface area contributed by atoms with Crippen LogP contribution in [0.4, 0.5) is 5.69 Å². The standard InChI is InChI=1S/C15H24N2O3S/c1-11(16-13-7-9-15(18)10-8-13)12-3-5-14(6-4-12)17-21(2,19)20/h3-6,11,13,15-18H,7-10H2,1-2H3. The fourth-order valence-corrected chi connectivity index (χ4v) is 3.31. The highest BCUT2D eigenvalue weighted by Crippen LogP contribution is 2.23. The molecule has 1 unspecified atom stereocenters. The molecule has 0 amide bonds. The molecule has 3 N–H and O–H groups in total. The highest BCUT2D eigenvalue weighted by molar-refractivity contribution is 7.92. The van der Waals surface area contributed by atoms with Crippen LogP contribution in [0.25, 0.3) is 0 Å². The van der Waals surface area contributed by atoms with E-state index in [0.717, 1.165) is 37.5 Å². The molecule has 1 aromatic rings. The van der Waals surface area contributed by atoms with Gasteiger partial charge in [0.05, 0.1) is 12.4 Å². The highest BCUT2D eigenvalue weighted by Gasteiger charge is 2.20. The van der Waals surface area contributed by atoms with Gasteiger partial charge in [0.2, 0.25) is 10.0 Å². The molecular weight excluding hydrogens is 288 g/mol. The largest absolute Gasteiger partial charge is 0.393 e. The smallest absolute Gasteiger partial charge is 0.229 e. The second-order valence-corrected chi connectivity index (χ2v) is 7.64. The predicted molar refractivity (Wildman–Crippen MR) is 84.7 cm³/mol. The molecule has 0 aliphatic heterocycles. The normalized spacial score (nSPS) is 24.5. The summed E-state index contributed by atoms with van der Waals surface area (Å²) in [6.45, 7) is 2.10. The minimum absolute atomic E-state index is 0.139. The van der Waals surface area contributed by atoms with E-state index in [1.54, 1.807) is 12.1 Å². The Bertz CT molecular complexity index is 549. The Hall–Kier alpha value is -1.11. The van der Waals surface area contributed by atoms with Crippen molar-refractivity contribution in [3.63, 3.8) is 0 Å². The molecule has 0 spiro atoms. The van der Waals surface area contributed by atoms with Crippen molar-refractivity contribution in [2.24, 2.45) is 0 Å². The Balaban J connectivity index is 1.92. The molecular formula is C15H24N2O3S. The molecule has 21 heavy (non-hydrogen) atoms. The number of aliphatic hydroxyl groups is 1. The van der Waals surface area contributed by atoms with Gasteiger partial charge in [-0.15, -0.1) is 0 Å². The van der Waals surface area contributed by atoms with Crippen molar-refractivity contribution in [3.05, 3.63) is 29.8 Å². The van der Waals surface area contributed by atoms with Gasteiger partial charge in [-0.05, 0) is 50.3 Å². The van der Waals surface area contributed by atoms with Gasteiger partial charge in [0, 0.05) is 17.8 Å². The molecule has 1 saturated carbocycles. The molecule has 1 aromatic carbocycles. The van der Waals surface area contributed by atoms with Crippen LogP contribution in [0.1, 0.15) is 44.2 Å². The number of nitrogens with one attached hydrogen (secondary N) is 2. The van der Waals surface area contributed by atoms with E-state index in [0.29, 0.717) is 11.7 Å². The molecule has 0 bridgehead atoms. The first-order chi connectivity index (χ1) is 9.83. The van der Waals surface area contributed by atoms with Crippen LogP contribution in [0.15, 0.2) is 24.3 Å². The van der Waals surface area contributed by atoms with E-state index >= 15 is 0 Å². The number of anilines is 1. The second-order valence-electron chi connectivity index (χ2n) is 5.89. The Morgan fingerprint density at radius 3 is 2.24 bits per heavy atom. The Labute approximate surface area is 126 Å². The van der Waals surface area contributed by atoms with Crippen molar-refractivity contribution in [1.29, 1.82) is 0 Å². The lowest BCUT2D eigenvalue weighted by atomic mass is 9.92. The van der Waals surface area contributed by atoms with Crippen molar-refractivity contribution in [1.82, 2.24) is 5.32 Å². The van der Waals surface area contributed by atoms with Crippen LogP contribution >= 0.6 is 0 Å². The summed E-state index contributed by atoms with van der Waals surface area (Å²) in [7, 11) is -3.23. The Morgan fingerprint density at radius 2 is 1.71 bits per heavy atom. The molecule has 1 atom stereocenters.